The van der Waals surface area contributed by atoms with Crippen molar-refractivity contribution in [3.63, 3.8) is 0 Å². The molecule has 3 aromatic rings. The van der Waals surface area contributed by atoms with Gasteiger partial charge in [-0.3, -0.25) is 0 Å². The van der Waals surface area contributed by atoms with Crippen LogP contribution in [0.15, 0.2) is 36.5 Å². The zero-order valence-corrected chi connectivity index (χ0v) is 10.4. The number of hydrogen-bond acceptors (Lipinski definition) is 1. The Bertz CT molecular complexity index is 769. The van der Waals surface area contributed by atoms with Crippen molar-refractivity contribution < 1.29 is 0 Å². The second kappa shape index (κ2) is 3.78. The van der Waals surface area contributed by atoms with Crippen LogP contribution in [0.4, 0.5) is 0 Å². The number of rotatable bonds is 1. The average molecular weight is 235 g/mol. The fourth-order valence-electron chi connectivity index (χ4n) is 2.35. The van der Waals surface area contributed by atoms with Gasteiger partial charge in [-0.25, -0.2) is 0 Å². The van der Waals surface area contributed by atoms with Crippen molar-refractivity contribution in [2.24, 2.45) is 7.05 Å². The fraction of sp³-hybridized carbons (Fsp3) is 0.133. The first-order chi connectivity index (χ1) is 8.72. The topological polar surface area (TPSA) is 44.5 Å². The van der Waals surface area contributed by atoms with E-state index in [1.807, 2.05) is 38.4 Å². The molecule has 0 spiro atoms. The Balaban J connectivity index is 2.30. The van der Waals surface area contributed by atoms with Gasteiger partial charge in [-0.15, -0.1) is 0 Å². The third kappa shape index (κ3) is 1.36. The Hall–Kier alpha value is -2.47. The molecule has 1 N–H and O–H groups in total. The summed E-state index contributed by atoms with van der Waals surface area (Å²) < 4.78 is 2.06. The van der Waals surface area contributed by atoms with Crippen LogP contribution < -0.4 is 0 Å². The molecule has 3 nitrogen and oxygen atoms in total. The van der Waals surface area contributed by atoms with Crippen molar-refractivity contribution in [3.8, 4) is 17.3 Å². The molecule has 0 unspecified atom stereocenters. The highest BCUT2D eigenvalue weighted by Gasteiger charge is 2.13. The monoisotopic (exact) mass is 235 g/mol. The van der Waals surface area contributed by atoms with E-state index in [1.54, 1.807) is 0 Å². The van der Waals surface area contributed by atoms with Crippen LogP contribution in [0, 0.1) is 18.3 Å². The average Bonchev–Trinajstić information content (AvgIpc) is 2.93. The zero-order chi connectivity index (χ0) is 12.7. The van der Waals surface area contributed by atoms with Gasteiger partial charge in [0.2, 0.25) is 0 Å². The Morgan fingerprint density at radius 1 is 1.28 bits per heavy atom. The third-order valence-corrected chi connectivity index (χ3v) is 3.52. The molecule has 0 saturated carbocycles. The summed E-state index contributed by atoms with van der Waals surface area (Å²) in [4.78, 5) is 3.26. The number of nitriles is 1. The highest BCUT2D eigenvalue weighted by atomic mass is 15.0. The van der Waals surface area contributed by atoms with Crippen molar-refractivity contribution in [2.75, 3.05) is 0 Å². The summed E-state index contributed by atoms with van der Waals surface area (Å²) in [7, 11) is 1.99. The minimum absolute atomic E-state index is 0.734. The van der Waals surface area contributed by atoms with Crippen LogP contribution in [0.5, 0.6) is 0 Å². The van der Waals surface area contributed by atoms with Gasteiger partial charge in [0.25, 0.3) is 0 Å². The van der Waals surface area contributed by atoms with Gasteiger partial charge in [0.1, 0.15) is 6.07 Å². The van der Waals surface area contributed by atoms with E-state index in [1.165, 1.54) is 5.39 Å². The number of para-hydroxylation sites is 1. The molecule has 0 saturated heterocycles. The van der Waals surface area contributed by atoms with Gasteiger partial charge >= 0.3 is 0 Å². The number of aromatic nitrogens is 2. The van der Waals surface area contributed by atoms with Crippen LogP contribution >= 0.6 is 0 Å². The van der Waals surface area contributed by atoms with E-state index in [9.17, 15) is 0 Å². The van der Waals surface area contributed by atoms with Crippen LogP contribution in [-0.2, 0) is 7.05 Å². The first-order valence-electron chi connectivity index (χ1n) is 5.85. The van der Waals surface area contributed by atoms with Gasteiger partial charge in [0.05, 0.1) is 11.3 Å². The maximum Gasteiger partial charge on any atom is 0.101 e. The zero-order valence-electron chi connectivity index (χ0n) is 10.4. The quantitative estimate of drug-likeness (QED) is 0.690. The molecule has 0 atom stereocenters. The van der Waals surface area contributed by atoms with Gasteiger partial charge in [-0.05, 0) is 19.1 Å². The molecule has 18 heavy (non-hydrogen) atoms. The highest BCUT2D eigenvalue weighted by molar-refractivity contribution is 5.95. The van der Waals surface area contributed by atoms with Crippen molar-refractivity contribution >= 4 is 10.9 Å². The number of nitrogens with zero attached hydrogens (tertiary/aromatic N) is 2. The molecular weight excluding hydrogens is 222 g/mol. The lowest BCUT2D eigenvalue weighted by atomic mass is 10.1. The second-order valence-electron chi connectivity index (χ2n) is 4.45. The second-order valence-corrected chi connectivity index (χ2v) is 4.45. The summed E-state index contributed by atoms with van der Waals surface area (Å²) in [5, 5.41) is 10.3. The lowest BCUT2D eigenvalue weighted by molar-refractivity contribution is 0.889. The Morgan fingerprint density at radius 2 is 2.06 bits per heavy atom. The molecule has 0 aliphatic carbocycles. The predicted octanol–water partition coefficient (Wildman–Crippen LogP) is 3.35. The first-order valence-corrected chi connectivity index (χ1v) is 5.85. The Labute approximate surface area is 105 Å². The lowest BCUT2D eigenvalue weighted by Gasteiger charge is -2.03. The summed E-state index contributed by atoms with van der Waals surface area (Å²) in [5.41, 5.74) is 5.06. The van der Waals surface area contributed by atoms with Crippen molar-refractivity contribution in [1.82, 2.24) is 9.55 Å². The van der Waals surface area contributed by atoms with E-state index in [-0.39, 0.29) is 0 Å². The number of H-pyrrole nitrogens is 1. The number of benzene rings is 1. The largest absolute Gasteiger partial charge is 0.360 e. The van der Waals surface area contributed by atoms with Crippen LogP contribution in [0.1, 0.15) is 11.3 Å². The van der Waals surface area contributed by atoms with E-state index in [0.717, 1.165) is 28.0 Å². The summed E-state index contributed by atoms with van der Waals surface area (Å²) in [6.45, 7) is 1.97. The molecule has 0 aliphatic heterocycles. The molecule has 0 aliphatic rings. The minimum atomic E-state index is 0.734. The normalized spacial score (nSPS) is 10.7. The van der Waals surface area contributed by atoms with Crippen LogP contribution in [-0.4, -0.2) is 9.55 Å². The van der Waals surface area contributed by atoms with Gasteiger partial charge in [0, 0.05) is 35.4 Å². The summed E-state index contributed by atoms with van der Waals surface area (Å²) in [6.07, 6.45) is 2.00. The molecule has 2 aromatic heterocycles. The molecular formula is C15H13N3. The maximum absolute atomic E-state index is 9.10. The fourth-order valence-corrected chi connectivity index (χ4v) is 2.35. The number of aromatic amines is 1. The number of nitrogens with one attached hydrogen (secondary N) is 1. The molecule has 2 heterocycles. The van der Waals surface area contributed by atoms with Crippen molar-refractivity contribution in [2.45, 2.75) is 6.92 Å². The number of fused-ring (bicyclic) bond motifs is 1. The first kappa shape index (κ1) is 10.7. The molecule has 0 bridgehead atoms. The molecule has 0 amide bonds. The molecule has 1 aromatic carbocycles. The van der Waals surface area contributed by atoms with Crippen molar-refractivity contribution in [1.29, 1.82) is 5.26 Å². The van der Waals surface area contributed by atoms with E-state index < -0.39 is 0 Å². The SMILES string of the molecule is Cc1c(C#N)cc(-c2c[nH]c3ccccc23)n1C. The van der Waals surface area contributed by atoms with Gasteiger partial charge in [0.15, 0.2) is 0 Å². The van der Waals surface area contributed by atoms with Crippen LogP contribution in [0.2, 0.25) is 0 Å². The van der Waals surface area contributed by atoms with Gasteiger partial charge in [-0.1, -0.05) is 18.2 Å². The summed E-state index contributed by atoms with van der Waals surface area (Å²) in [6, 6.07) is 12.4. The molecule has 88 valence electrons. The van der Waals surface area contributed by atoms with Gasteiger partial charge in [-0.2, -0.15) is 5.26 Å². The van der Waals surface area contributed by atoms with Gasteiger partial charge < -0.3 is 9.55 Å². The van der Waals surface area contributed by atoms with E-state index in [4.69, 9.17) is 5.26 Å². The third-order valence-electron chi connectivity index (χ3n) is 3.52. The Morgan fingerprint density at radius 3 is 2.78 bits per heavy atom. The number of hydrogen-bond donors (Lipinski definition) is 1. The van der Waals surface area contributed by atoms with Crippen LogP contribution in [0.25, 0.3) is 22.2 Å². The van der Waals surface area contributed by atoms with E-state index in [2.05, 4.69) is 27.8 Å². The minimum Gasteiger partial charge on any atom is -0.360 e. The lowest BCUT2D eigenvalue weighted by Crippen LogP contribution is -1.93. The summed E-state index contributed by atoms with van der Waals surface area (Å²) in [5.74, 6) is 0. The van der Waals surface area contributed by atoms with E-state index in [0.29, 0.717) is 0 Å². The standard InChI is InChI=1S/C15H13N3/c1-10-11(8-16)7-15(18(10)2)13-9-17-14-6-4-3-5-12(13)14/h3-7,9,17H,1-2H3. The molecule has 0 fully saturated rings. The Kier molecular flexibility index (Phi) is 2.24. The van der Waals surface area contributed by atoms with E-state index >= 15 is 0 Å². The van der Waals surface area contributed by atoms with Crippen molar-refractivity contribution in [3.05, 3.63) is 47.8 Å². The molecule has 0 radical (unpaired) electrons. The molecule has 3 heteroatoms. The highest BCUT2D eigenvalue weighted by Crippen LogP contribution is 2.30. The summed E-state index contributed by atoms with van der Waals surface area (Å²) >= 11 is 0. The predicted molar refractivity (Wildman–Crippen MR) is 72.2 cm³/mol. The van der Waals surface area contributed by atoms with Crippen LogP contribution in [0.3, 0.4) is 0 Å². The maximum atomic E-state index is 9.10. The smallest absolute Gasteiger partial charge is 0.101 e. The molecule has 3 rings (SSSR count).